The Morgan fingerprint density at radius 1 is 1.33 bits per heavy atom. The molecule has 2 aromatic rings. The number of carbonyl (C=O) groups excluding carboxylic acids is 1. The van der Waals surface area contributed by atoms with Crippen molar-refractivity contribution >= 4 is 11.7 Å². The molecule has 0 spiro atoms. The van der Waals surface area contributed by atoms with Gasteiger partial charge in [-0.2, -0.15) is 0 Å². The lowest BCUT2D eigenvalue weighted by atomic mass is 10.0. The highest BCUT2D eigenvalue weighted by Gasteiger charge is 2.25. The predicted molar refractivity (Wildman–Crippen MR) is 106 cm³/mol. The van der Waals surface area contributed by atoms with Gasteiger partial charge in [-0.05, 0) is 39.1 Å². The Kier molecular flexibility index (Phi) is 6.01. The van der Waals surface area contributed by atoms with Crippen LogP contribution in [0.25, 0.3) is 11.5 Å². The Morgan fingerprint density at radius 2 is 2.15 bits per heavy atom. The van der Waals surface area contributed by atoms with E-state index in [1.54, 1.807) is 13.1 Å². The van der Waals surface area contributed by atoms with Crippen molar-refractivity contribution in [3.63, 3.8) is 0 Å². The summed E-state index contributed by atoms with van der Waals surface area (Å²) in [6.45, 7) is 5.93. The highest BCUT2D eigenvalue weighted by atomic mass is 16.2. The number of nitrogens with one attached hydrogen (secondary N) is 1. The fourth-order valence-electron chi connectivity index (χ4n) is 3.34. The van der Waals surface area contributed by atoms with E-state index in [1.807, 2.05) is 23.1 Å². The van der Waals surface area contributed by atoms with E-state index < -0.39 is 0 Å². The highest BCUT2D eigenvalue weighted by Crippen LogP contribution is 2.27. The molecule has 2 aromatic heterocycles. The average Bonchev–Trinajstić information content (AvgIpc) is 2.67. The lowest BCUT2D eigenvalue weighted by Crippen LogP contribution is -2.37. The number of carbonyl (C=O) groups is 1. The van der Waals surface area contributed by atoms with Gasteiger partial charge in [-0.1, -0.05) is 13.0 Å². The van der Waals surface area contributed by atoms with Gasteiger partial charge in [0.1, 0.15) is 11.5 Å². The van der Waals surface area contributed by atoms with Crippen molar-refractivity contribution in [1.29, 1.82) is 0 Å². The fraction of sp³-hybridized carbons (Fsp3) is 0.500. The van der Waals surface area contributed by atoms with Crippen LogP contribution in [0.4, 0.5) is 5.82 Å². The van der Waals surface area contributed by atoms with Crippen molar-refractivity contribution in [2.24, 2.45) is 0 Å². The number of hydrogen-bond donors (Lipinski definition) is 1. The van der Waals surface area contributed by atoms with E-state index in [-0.39, 0.29) is 5.91 Å². The van der Waals surface area contributed by atoms with Crippen molar-refractivity contribution in [3.8, 4) is 11.5 Å². The van der Waals surface area contributed by atoms with Crippen LogP contribution >= 0.6 is 0 Å². The fourth-order valence-corrected chi connectivity index (χ4v) is 3.34. The van der Waals surface area contributed by atoms with Gasteiger partial charge in [0, 0.05) is 37.8 Å². The number of pyridine rings is 1. The van der Waals surface area contributed by atoms with Crippen LogP contribution in [0.5, 0.6) is 0 Å². The maximum Gasteiger partial charge on any atom is 0.219 e. The molecule has 1 N–H and O–H groups in total. The average molecular weight is 368 g/mol. The predicted octanol–water partition coefficient (Wildman–Crippen LogP) is 2.20. The van der Waals surface area contributed by atoms with E-state index in [2.05, 4.69) is 36.2 Å². The number of anilines is 1. The molecule has 0 aliphatic carbocycles. The van der Waals surface area contributed by atoms with Gasteiger partial charge < -0.3 is 15.1 Å². The maximum atomic E-state index is 11.8. The van der Waals surface area contributed by atoms with Crippen LogP contribution in [0.15, 0.2) is 24.4 Å². The third-order valence-corrected chi connectivity index (χ3v) is 4.82. The number of nitrogens with zero attached hydrogens (tertiary/aromatic N) is 5. The Balaban J connectivity index is 2.00. The first-order valence-corrected chi connectivity index (χ1v) is 9.46. The zero-order chi connectivity index (χ0) is 19.4. The van der Waals surface area contributed by atoms with Crippen LogP contribution in [0.1, 0.15) is 31.5 Å². The quantitative estimate of drug-likeness (QED) is 0.843. The molecule has 7 nitrogen and oxygen atoms in total. The zero-order valence-corrected chi connectivity index (χ0v) is 16.6. The molecule has 0 unspecified atom stereocenters. The Bertz CT molecular complexity index is 793. The molecule has 0 saturated heterocycles. The SMILES string of the molecule is CC[C@H](CN(C)C)Nc1nc(-c2ccccn2)nc2c1CCN(C(C)=O)C2. The van der Waals surface area contributed by atoms with Crippen LogP contribution in [0.2, 0.25) is 0 Å². The summed E-state index contributed by atoms with van der Waals surface area (Å²) in [7, 11) is 4.15. The molecule has 1 aliphatic rings. The van der Waals surface area contributed by atoms with Gasteiger partial charge in [0.2, 0.25) is 5.91 Å². The molecule has 1 atom stereocenters. The van der Waals surface area contributed by atoms with E-state index in [4.69, 9.17) is 9.97 Å². The van der Waals surface area contributed by atoms with Crippen molar-refractivity contribution in [2.75, 3.05) is 32.5 Å². The number of likely N-dealkylation sites (N-methyl/N-ethyl adjacent to an activating group) is 1. The summed E-state index contributed by atoms with van der Waals surface area (Å²) in [6, 6.07) is 6.01. The van der Waals surface area contributed by atoms with Crippen LogP contribution in [0, 0.1) is 0 Å². The van der Waals surface area contributed by atoms with Gasteiger partial charge in [0.15, 0.2) is 5.82 Å². The third-order valence-electron chi connectivity index (χ3n) is 4.82. The molecule has 0 bridgehead atoms. The van der Waals surface area contributed by atoms with Gasteiger partial charge in [0.05, 0.1) is 12.2 Å². The maximum absolute atomic E-state index is 11.8. The van der Waals surface area contributed by atoms with Crippen molar-refractivity contribution in [2.45, 2.75) is 39.3 Å². The van der Waals surface area contributed by atoms with E-state index >= 15 is 0 Å². The molecule has 0 fully saturated rings. The number of fused-ring (bicyclic) bond motifs is 1. The van der Waals surface area contributed by atoms with Crippen LogP contribution < -0.4 is 5.32 Å². The molecule has 0 radical (unpaired) electrons. The number of hydrogen-bond acceptors (Lipinski definition) is 6. The van der Waals surface area contributed by atoms with Crippen molar-refractivity contribution in [1.82, 2.24) is 24.8 Å². The minimum Gasteiger partial charge on any atom is -0.366 e. The largest absolute Gasteiger partial charge is 0.366 e. The molecule has 3 rings (SSSR count). The first-order valence-electron chi connectivity index (χ1n) is 9.46. The summed E-state index contributed by atoms with van der Waals surface area (Å²) < 4.78 is 0. The summed E-state index contributed by atoms with van der Waals surface area (Å²) in [5, 5.41) is 3.62. The number of rotatable bonds is 6. The summed E-state index contributed by atoms with van der Waals surface area (Å²) in [4.78, 5) is 29.8. The first-order chi connectivity index (χ1) is 13.0. The molecule has 7 heteroatoms. The molecule has 1 amide bonds. The second-order valence-corrected chi connectivity index (χ2v) is 7.24. The third kappa shape index (κ3) is 4.60. The van der Waals surface area contributed by atoms with Gasteiger partial charge >= 0.3 is 0 Å². The lowest BCUT2D eigenvalue weighted by Gasteiger charge is -2.30. The van der Waals surface area contributed by atoms with Crippen LogP contribution in [-0.2, 0) is 17.8 Å². The van der Waals surface area contributed by atoms with E-state index in [0.29, 0.717) is 25.0 Å². The second kappa shape index (κ2) is 8.43. The molecular formula is C20H28N6O. The van der Waals surface area contributed by atoms with E-state index in [0.717, 1.165) is 42.2 Å². The van der Waals surface area contributed by atoms with Gasteiger partial charge in [-0.25, -0.2) is 9.97 Å². The Morgan fingerprint density at radius 3 is 2.78 bits per heavy atom. The van der Waals surface area contributed by atoms with Crippen LogP contribution in [0.3, 0.4) is 0 Å². The molecule has 3 heterocycles. The summed E-state index contributed by atoms with van der Waals surface area (Å²) in [6.07, 6.45) is 3.50. The number of aromatic nitrogens is 3. The molecular weight excluding hydrogens is 340 g/mol. The lowest BCUT2D eigenvalue weighted by molar-refractivity contribution is -0.129. The standard InChI is InChI=1S/C20H28N6O/c1-5-15(12-25(3)4)22-19-16-9-11-26(14(2)27)13-18(16)23-20(24-19)17-8-6-7-10-21-17/h6-8,10,15H,5,9,11-13H2,1-4H3,(H,22,23,24)/t15-/m1/s1. The minimum atomic E-state index is 0.0761. The van der Waals surface area contributed by atoms with Gasteiger partial charge in [0.25, 0.3) is 0 Å². The Hall–Kier alpha value is -2.54. The van der Waals surface area contributed by atoms with Crippen molar-refractivity contribution in [3.05, 3.63) is 35.7 Å². The molecule has 0 saturated carbocycles. The molecule has 0 aromatic carbocycles. The van der Waals surface area contributed by atoms with Crippen LogP contribution in [-0.4, -0.2) is 63.9 Å². The second-order valence-electron chi connectivity index (χ2n) is 7.24. The van der Waals surface area contributed by atoms with Gasteiger partial charge in [-0.3, -0.25) is 9.78 Å². The number of amides is 1. The summed E-state index contributed by atoms with van der Waals surface area (Å²) >= 11 is 0. The highest BCUT2D eigenvalue weighted by molar-refractivity contribution is 5.74. The first kappa shape index (κ1) is 19.2. The van der Waals surface area contributed by atoms with Gasteiger partial charge in [-0.15, -0.1) is 0 Å². The van der Waals surface area contributed by atoms with Crippen molar-refractivity contribution < 1.29 is 4.79 Å². The molecule has 144 valence electrons. The smallest absolute Gasteiger partial charge is 0.219 e. The molecule has 27 heavy (non-hydrogen) atoms. The normalized spacial score (nSPS) is 14.8. The topological polar surface area (TPSA) is 74.2 Å². The summed E-state index contributed by atoms with van der Waals surface area (Å²) in [5.74, 6) is 1.55. The monoisotopic (exact) mass is 368 g/mol. The zero-order valence-electron chi connectivity index (χ0n) is 16.6. The minimum absolute atomic E-state index is 0.0761. The van der Waals surface area contributed by atoms with E-state index in [1.165, 1.54) is 0 Å². The Labute approximate surface area is 160 Å². The summed E-state index contributed by atoms with van der Waals surface area (Å²) in [5.41, 5.74) is 2.77. The van der Waals surface area contributed by atoms with E-state index in [9.17, 15) is 4.79 Å². The molecule has 1 aliphatic heterocycles.